The van der Waals surface area contributed by atoms with Crippen molar-refractivity contribution in [2.75, 3.05) is 5.32 Å². The van der Waals surface area contributed by atoms with Gasteiger partial charge in [-0.2, -0.15) is 0 Å². The summed E-state index contributed by atoms with van der Waals surface area (Å²) < 4.78 is 18.7. The van der Waals surface area contributed by atoms with Gasteiger partial charge >= 0.3 is 6.09 Å². The van der Waals surface area contributed by atoms with Crippen LogP contribution in [0.1, 0.15) is 37.9 Å². The molecule has 1 atom stereocenters. The molecule has 2 aromatic rings. The number of amides is 2. The Morgan fingerprint density at radius 3 is 2.35 bits per heavy atom. The molecule has 26 heavy (non-hydrogen) atoms. The first-order valence-corrected chi connectivity index (χ1v) is 8.27. The van der Waals surface area contributed by atoms with Gasteiger partial charge in [0.1, 0.15) is 17.5 Å². The quantitative estimate of drug-likeness (QED) is 0.854. The molecule has 2 amide bonds. The van der Waals surface area contributed by atoms with Crippen molar-refractivity contribution in [3.8, 4) is 0 Å². The van der Waals surface area contributed by atoms with Gasteiger partial charge in [0.2, 0.25) is 0 Å². The van der Waals surface area contributed by atoms with Crippen LogP contribution in [0.25, 0.3) is 0 Å². The molecule has 0 aliphatic rings. The molecule has 0 aromatic heterocycles. The summed E-state index contributed by atoms with van der Waals surface area (Å²) in [6.07, 6.45) is -0.711. The van der Waals surface area contributed by atoms with Crippen LogP contribution in [-0.4, -0.2) is 17.6 Å². The molecule has 0 aliphatic carbocycles. The van der Waals surface area contributed by atoms with Gasteiger partial charge < -0.3 is 15.4 Å². The zero-order chi connectivity index (χ0) is 19.3. The van der Waals surface area contributed by atoms with Gasteiger partial charge in [0.15, 0.2) is 0 Å². The van der Waals surface area contributed by atoms with Gasteiger partial charge in [0, 0.05) is 5.69 Å². The predicted octanol–water partition coefficient (Wildman–Crippen LogP) is 4.34. The molecular formula is C20H23FN2O3. The Hall–Kier alpha value is -2.89. The van der Waals surface area contributed by atoms with Crippen molar-refractivity contribution in [1.82, 2.24) is 5.32 Å². The number of aryl methyl sites for hydroxylation is 1. The third kappa shape index (κ3) is 5.58. The normalized spacial score (nSPS) is 12.2. The molecule has 0 heterocycles. The van der Waals surface area contributed by atoms with E-state index in [9.17, 15) is 14.0 Å². The van der Waals surface area contributed by atoms with E-state index in [0.717, 1.165) is 0 Å². The van der Waals surface area contributed by atoms with E-state index in [1.165, 1.54) is 12.1 Å². The second kappa shape index (κ2) is 7.99. The third-order valence-electron chi connectivity index (χ3n) is 3.51. The van der Waals surface area contributed by atoms with Crippen molar-refractivity contribution < 1.29 is 18.7 Å². The van der Waals surface area contributed by atoms with Crippen molar-refractivity contribution in [1.29, 1.82) is 0 Å². The van der Waals surface area contributed by atoms with Crippen LogP contribution in [0, 0.1) is 12.7 Å². The van der Waals surface area contributed by atoms with E-state index in [4.69, 9.17) is 4.74 Å². The van der Waals surface area contributed by atoms with Gasteiger partial charge in [-0.15, -0.1) is 0 Å². The Morgan fingerprint density at radius 2 is 1.73 bits per heavy atom. The van der Waals surface area contributed by atoms with Gasteiger partial charge in [0.25, 0.3) is 5.91 Å². The SMILES string of the molecule is Cc1ccc(F)cc1NC(=O)[C@@H](NC(=O)OC(C)(C)C)c1ccccc1. The maximum absolute atomic E-state index is 13.5. The third-order valence-corrected chi connectivity index (χ3v) is 3.51. The summed E-state index contributed by atoms with van der Waals surface area (Å²) in [6, 6.07) is 11.9. The smallest absolute Gasteiger partial charge is 0.408 e. The molecule has 2 rings (SSSR count). The summed E-state index contributed by atoms with van der Waals surface area (Å²) in [6.45, 7) is 6.97. The Balaban J connectivity index is 2.24. The van der Waals surface area contributed by atoms with Gasteiger partial charge in [0.05, 0.1) is 0 Å². The van der Waals surface area contributed by atoms with Crippen LogP contribution in [0.4, 0.5) is 14.9 Å². The van der Waals surface area contributed by atoms with E-state index in [-0.39, 0.29) is 0 Å². The van der Waals surface area contributed by atoms with Crippen molar-refractivity contribution >= 4 is 17.7 Å². The molecule has 2 N–H and O–H groups in total. The fourth-order valence-electron chi connectivity index (χ4n) is 2.30. The summed E-state index contributed by atoms with van der Waals surface area (Å²) in [5.41, 5.74) is 0.955. The predicted molar refractivity (Wildman–Crippen MR) is 98.3 cm³/mol. The van der Waals surface area contributed by atoms with E-state index < -0.39 is 29.5 Å². The molecule has 5 nitrogen and oxygen atoms in total. The second-order valence-electron chi connectivity index (χ2n) is 6.94. The number of ether oxygens (including phenoxy) is 1. The van der Waals surface area contributed by atoms with Crippen LogP contribution >= 0.6 is 0 Å². The van der Waals surface area contributed by atoms with Crippen LogP contribution in [0.15, 0.2) is 48.5 Å². The topological polar surface area (TPSA) is 67.4 Å². The van der Waals surface area contributed by atoms with Crippen molar-refractivity contribution in [2.45, 2.75) is 39.3 Å². The zero-order valence-corrected chi connectivity index (χ0v) is 15.3. The van der Waals surface area contributed by atoms with E-state index >= 15 is 0 Å². The molecular weight excluding hydrogens is 335 g/mol. The number of alkyl carbamates (subject to hydrolysis) is 1. The first-order valence-electron chi connectivity index (χ1n) is 8.27. The van der Waals surface area contributed by atoms with Crippen LogP contribution in [0.3, 0.4) is 0 Å². The van der Waals surface area contributed by atoms with Crippen LogP contribution in [0.2, 0.25) is 0 Å². The maximum Gasteiger partial charge on any atom is 0.408 e. The molecule has 0 saturated heterocycles. The zero-order valence-electron chi connectivity index (χ0n) is 15.3. The van der Waals surface area contributed by atoms with Crippen LogP contribution in [-0.2, 0) is 9.53 Å². The first kappa shape index (κ1) is 19.4. The van der Waals surface area contributed by atoms with E-state index in [1.54, 1.807) is 58.0 Å². The number of halogens is 1. The lowest BCUT2D eigenvalue weighted by molar-refractivity contribution is -0.118. The molecule has 138 valence electrons. The number of carbonyl (C=O) groups is 2. The second-order valence-corrected chi connectivity index (χ2v) is 6.94. The summed E-state index contributed by atoms with van der Waals surface area (Å²) >= 11 is 0. The van der Waals surface area contributed by atoms with Crippen molar-refractivity contribution in [2.24, 2.45) is 0 Å². The van der Waals surface area contributed by atoms with Gasteiger partial charge in [-0.05, 0) is 51.0 Å². The van der Waals surface area contributed by atoms with Crippen LogP contribution in [0.5, 0.6) is 0 Å². The lowest BCUT2D eigenvalue weighted by Crippen LogP contribution is -2.40. The molecule has 0 radical (unpaired) electrons. The number of hydrogen-bond acceptors (Lipinski definition) is 3. The minimum Gasteiger partial charge on any atom is -0.444 e. The standard InChI is InChI=1S/C20H23FN2O3/c1-13-10-11-15(21)12-16(13)22-18(24)17(14-8-6-5-7-9-14)23-19(25)26-20(2,3)4/h5-12,17H,1-4H3,(H,22,24)(H,23,25)/t17-/m0/s1. The first-order chi connectivity index (χ1) is 12.2. The minimum absolute atomic E-state index is 0.349. The van der Waals surface area contributed by atoms with E-state index in [0.29, 0.717) is 16.8 Å². The Labute approximate surface area is 152 Å². The Kier molecular flexibility index (Phi) is 5.97. The monoisotopic (exact) mass is 358 g/mol. The number of benzene rings is 2. The van der Waals surface area contributed by atoms with E-state index in [2.05, 4.69) is 10.6 Å². The molecule has 0 aliphatic heterocycles. The summed E-state index contributed by atoms with van der Waals surface area (Å²) in [5.74, 6) is -0.946. The van der Waals surface area contributed by atoms with Crippen molar-refractivity contribution in [3.63, 3.8) is 0 Å². The molecule has 0 bridgehead atoms. The highest BCUT2D eigenvalue weighted by Crippen LogP contribution is 2.20. The summed E-state index contributed by atoms with van der Waals surface area (Å²) in [4.78, 5) is 24.9. The largest absolute Gasteiger partial charge is 0.444 e. The molecule has 0 fully saturated rings. The van der Waals surface area contributed by atoms with Crippen LogP contribution < -0.4 is 10.6 Å². The number of nitrogens with one attached hydrogen (secondary N) is 2. The fourth-order valence-corrected chi connectivity index (χ4v) is 2.30. The minimum atomic E-state index is -0.978. The van der Waals surface area contributed by atoms with E-state index in [1.807, 2.05) is 6.07 Å². The lowest BCUT2D eigenvalue weighted by atomic mass is 10.1. The fraction of sp³-hybridized carbons (Fsp3) is 0.300. The highest BCUT2D eigenvalue weighted by Gasteiger charge is 2.26. The molecule has 0 saturated carbocycles. The van der Waals surface area contributed by atoms with Gasteiger partial charge in [-0.3, -0.25) is 4.79 Å². The molecule has 6 heteroatoms. The number of rotatable bonds is 4. The number of hydrogen-bond donors (Lipinski definition) is 2. The summed E-state index contributed by atoms with van der Waals surface area (Å²) in [5, 5.41) is 5.25. The molecule has 0 spiro atoms. The molecule has 0 unspecified atom stereocenters. The summed E-state index contributed by atoms with van der Waals surface area (Å²) in [7, 11) is 0. The number of anilines is 1. The molecule has 2 aromatic carbocycles. The van der Waals surface area contributed by atoms with Gasteiger partial charge in [-0.1, -0.05) is 36.4 Å². The average Bonchev–Trinajstić information content (AvgIpc) is 2.55. The van der Waals surface area contributed by atoms with Crippen molar-refractivity contribution in [3.05, 3.63) is 65.5 Å². The highest BCUT2D eigenvalue weighted by atomic mass is 19.1. The number of carbonyl (C=O) groups excluding carboxylic acids is 2. The lowest BCUT2D eigenvalue weighted by Gasteiger charge is -2.23. The Bertz CT molecular complexity index is 785. The van der Waals surface area contributed by atoms with Gasteiger partial charge in [-0.25, -0.2) is 9.18 Å². The Morgan fingerprint density at radius 1 is 1.08 bits per heavy atom. The highest BCUT2D eigenvalue weighted by molar-refractivity contribution is 5.97. The maximum atomic E-state index is 13.5. The average molecular weight is 358 g/mol.